The molecule has 3 aromatic carbocycles. The molecule has 7 nitrogen and oxygen atoms in total. The van der Waals surface area contributed by atoms with E-state index >= 15 is 0 Å². The zero-order chi connectivity index (χ0) is 28.0. The molecule has 3 heterocycles. The van der Waals surface area contributed by atoms with Crippen LogP contribution in [0.3, 0.4) is 0 Å². The van der Waals surface area contributed by atoms with Gasteiger partial charge in [-0.3, -0.25) is 4.98 Å². The standard InChI is InChI=1S/C33H27ClN6O/c34-30-17-28(7-5-26(30)15-23-10-14-41-21-23)40-33-27(18-35)20-39-31-16-25(6-8-29(31)33)24-3-1-22(2-4-24)19-36-11-9-32-37-12-13-38-32/h1-8,10,12-14,16-17,20-21,36H,9,11,15,19H2,(H,37,38)(H,39,40). The molecule has 0 aliphatic carbocycles. The summed E-state index contributed by atoms with van der Waals surface area (Å²) in [5.74, 6) is 0.987. The molecule has 0 fully saturated rings. The van der Waals surface area contributed by atoms with Crippen molar-refractivity contribution in [2.45, 2.75) is 19.4 Å². The first-order valence-corrected chi connectivity index (χ1v) is 13.7. The maximum Gasteiger partial charge on any atom is 0.107 e. The van der Waals surface area contributed by atoms with E-state index in [1.54, 1.807) is 24.9 Å². The molecule has 0 atom stereocenters. The van der Waals surface area contributed by atoms with Gasteiger partial charge in [-0.2, -0.15) is 5.26 Å². The van der Waals surface area contributed by atoms with Crippen LogP contribution >= 0.6 is 11.6 Å². The summed E-state index contributed by atoms with van der Waals surface area (Å²) < 4.78 is 5.17. The minimum atomic E-state index is 0.466. The van der Waals surface area contributed by atoms with Crippen LogP contribution in [0.15, 0.2) is 102 Å². The lowest BCUT2D eigenvalue weighted by molar-refractivity contribution is 0.564. The summed E-state index contributed by atoms with van der Waals surface area (Å²) >= 11 is 6.60. The Kier molecular flexibility index (Phi) is 7.76. The molecular weight excluding hydrogens is 532 g/mol. The molecule has 0 bridgehead atoms. The predicted octanol–water partition coefficient (Wildman–Crippen LogP) is 7.41. The molecule has 8 heteroatoms. The molecule has 3 aromatic heterocycles. The van der Waals surface area contributed by atoms with E-state index in [9.17, 15) is 5.26 Å². The first-order valence-electron chi connectivity index (χ1n) is 13.3. The van der Waals surface area contributed by atoms with Gasteiger partial charge in [0, 0.05) is 60.6 Å². The number of aromatic amines is 1. The molecule has 0 unspecified atom stereocenters. The lowest BCUT2D eigenvalue weighted by Gasteiger charge is -2.14. The van der Waals surface area contributed by atoms with Crippen LogP contribution in [-0.2, 0) is 19.4 Å². The van der Waals surface area contributed by atoms with Crippen LogP contribution in [-0.4, -0.2) is 21.5 Å². The molecule has 0 saturated carbocycles. The van der Waals surface area contributed by atoms with E-state index in [0.717, 1.165) is 64.2 Å². The maximum absolute atomic E-state index is 9.81. The number of nitrogens with one attached hydrogen (secondary N) is 3. The van der Waals surface area contributed by atoms with Crippen LogP contribution in [0, 0.1) is 11.3 Å². The Hall–Kier alpha value is -4.90. The van der Waals surface area contributed by atoms with Crippen molar-refractivity contribution in [2.24, 2.45) is 0 Å². The van der Waals surface area contributed by atoms with Gasteiger partial charge in [0.1, 0.15) is 11.9 Å². The number of halogens is 1. The fourth-order valence-corrected chi connectivity index (χ4v) is 5.06. The number of aromatic nitrogens is 3. The van der Waals surface area contributed by atoms with Gasteiger partial charge in [0.2, 0.25) is 0 Å². The second-order valence-corrected chi connectivity index (χ2v) is 10.2. The zero-order valence-corrected chi connectivity index (χ0v) is 22.9. The minimum Gasteiger partial charge on any atom is -0.472 e. The second-order valence-electron chi connectivity index (χ2n) is 9.79. The molecule has 202 valence electrons. The molecular formula is C33H27ClN6O. The number of furan rings is 1. The van der Waals surface area contributed by atoms with Crippen LogP contribution < -0.4 is 10.6 Å². The number of anilines is 2. The summed E-state index contributed by atoms with van der Waals surface area (Å²) in [6.45, 7) is 1.65. The highest BCUT2D eigenvalue weighted by molar-refractivity contribution is 6.31. The van der Waals surface area contributed by atoms with E-state index in [-0.39, 0.29) is 0 Å². The van der Waals surface area contributed by atoms with Crippen molar-refractivity contribution in [1.82, 2.24) is 20.3 Å². The van der Waals surface area contributed by atoms with E-state index in [4.69, 9.17) is 16.0 Å². The van der Waals surface area contributed by atoms with Crippen molar-refractivity contribution >= 4 is 33.9 Å². The highest BCUT2D eigenvalue weighted by atomic mass is 35.5. The molecule has 6 aromatic rings. The van der Waals surface area contributed by atoms with Crippen molar-refractivity contribution in [3.05, 3.63) is 131 Å². The SMILES string of the molecule is N#Cc1cnc2cc(-c3ccc(CNCCc4ncc[nH]4)cc3)ccc2c1Nc1ccc(Cc2ccoc2)c(Cl)c1. The van der Waals surface area contributed by atoms with Crippen LogP contribution in [0.4, 0.5) is 11.4 Å². The van der Waals surface area contributed by atoms with Crippen molar-refractivity contribution < 1.29 is 4.42 Å². The second kappa shape index (κ2) is 12.1. The van der Waals surface area contributed by atoms with Crippen LogP contribution in [0.1, 0.15) is 28.1 Å². The number of nitrogens with zero attached hydrogens (tertiary/aromatic N) is 3. The summed E-state index contributed by atoms with van der Waals surface area (Å²) in [7, 11) is 0. The Balaban J connectivity index is 1.18. The molecule has 0 spiro atoms. The maximum atomic E-state index is 9.81. The quantitative estimate of drug-likeness (QED) is 0.151. The Labute approximate surface area is 242 Å². The van der Waals surface area contributed by atoms with Gasteiger partial charge in [0.15, 0.2) is 0 Å². The van der Waals surface area contributed by atoms with Crippen molar-refractivity contribution in [3.63, 3.8) is 0 Å². The molecule has 0 amide bonds. The molecule has 6 rings (SSSR count). The normalized spacial score (nSPS) is 11.0. The zero-order valence-electron chi connectivity index (χ0n) is 22.2. The van der Waals surface area contributed by atoms with E-state index < -0.39 is 0 Å². The highest BCUT2D eigenvalue weighted by Crippen LogP contribution is 2.33. The Morgan fingerprint density at radius 2 is 1.83 bits per heavy atom. The minimum absolute atomic E-state index is 0.466. The van der Waals surface area contributed by atoms with Gasteiger partial charge >= 0.3 is 0 Å². The van der Waals surface area contributed by atoms with E-state index in [0.29, 0.717) is 22.7 Å². The van der Waals surface area contributed by atoms with Crippen molar-refractivity contribution in [1.29, 1.82) is 5.26 Å². The van der Waals surface area contributed by atoms with Gasteiger partial charge in [0.05, 0.1) is 29.3 Å². The van der Waals surface area contributed by atoms with Crippen LogP contribution in [0.25, 0.3) is 22.0 Å². The largest absolute Gasteiger partial charge is 0.472 e. The molecule has 0 saturated heterocycles. The first kappa shape index (κ1) is 26.3. The number of imidazole rings is 1. The number of fused-ring (bicyclic) bond motifs is 1. The van der Waals surface area contributed by atoms with E-state index in [2.05, 4.69) is 68.1 Å². The fourth-order valence-electron chi connectivity index (χ4n) is 4.81. The lowest BCUT2D eigenvalue weighted by Crippen LogP contribution is -2.17. The molecule has 3 N–H and O–H groups in total. The van der Waals surface area contributed by atoms with Gasteiger partial charge in [0.25, 0.3) is 0 Å². The van der Waals surface area contributed by atoms with Gasteiger partial charge in [-0.1, -0.05) is 54.1 Å². The number of hydrogen-bond donors (Lipinski definition) is 3. The Morgan fingerprint density at radius 3 is 2.59 bits per heavy atom. The molecule has 41 heavy (non-hydrogen) atoms. The molecule has 0 aliphatic heterocycles. The first-order chi connectivity index (χ1) is 20.2. The number of H-pyrrole nitrogens is 1. The average Bonchev–Trinajstić information content (AvgIpc) is 3.72. The van der Waals surface area contributed by atoms with Gasteiger partial charge in [-0.15, -0.1) is 0 Å². The van der Waals surface area contributed by atoms with Gasteiger partial charge in [-0.05, 0) is 52.1 Å². The van der Waals surface area contributed by atoms with Gasteiger partial charge < -0.3 is 20.0 Å². The molecule has 0 aliphatic rings. The van der Waals surface area contributed by atoms with Crippen molar-refractivity contribution in [2.75, 3.05) is 11.9 Å². The average molecular weight is 559 g/mol. The number of hydrogen-bond acceptors (Lipinski definition) is 6. The number of benzene rings is 3. The van der Waals surface area contributed by atoms with Crippen LogP contribution in [0.5, 0.6) is 0 Å². The molecule has 0 radical (unpaired) electrons. The topological polar surface area (TPSA) is 103 Å². The van der Waals surface area contributed by atoms with Gasteiger partial charge in [-0.25, -0.2) is 4.98 Å². The van der Waals surface area contributed by atoms with E-state index in [1.165, 1.54) is 5.56 Å². The predicted molar refractivity (Wildman–Crippen MR) is 162 cm³/mol. The lowest BCUT2D eigenvalue weighted by atomic mass is 10.0. The monoisotopic (exact) mass is 558 g/mol. The third-order valence-corrected chi connectivity index (χ3v) is 7.35. The number of nitriles is 1. The number of pyridine rings is 1. The Morgan fingerprint density at radius 1 is 0.951 bits per heavy atom. The summed E-state index contributed by atoms with van der Waals surface area (Å²) in [6, 6.07) is 24.7. The van der Waals surface area contributed by atoms with Crippen molar-refractivity contribution in [3.8, 4) is 17.2 Å². The highest BCUT2D eigenvalue weighted by Gasteiger charge is 2.12. The summed E-state index contributed by atoms with van der Waals surface area (Å²) in [6.07, 6.45) is 10.1. The fraction of sp³-hybridized carbons (Fsp3) is 0.121. The Bertz CT molecular complexity index is 1810. The third-order valence-electron chi connectivity index (χ3n) is 7.00. The smallest absolute Gasteiger partial charge is 0.107 e. The summed E-state index contributed by atoms with van der Waals surface area (Å²) in [4.78, 5) is 12.0. The van der Waals surface area contributed by atoms with Crippen LogP contribution in [0.2, 0.25) is 5.02 Å². The number of rotatable bonds is 10. The van der Waals surface area contributed by atoms with E-state index in [1.807, 2.05) is 36.5 Å². The third kappa shape index (κ3) is 6.15. The summed E-state index contributed by atoms with van der Waals surface area (Å²) in [5.41, 5.74) is 8.21. The summed E-state index contributed by atoms with van der Waals surface area (Å²) in [5, 5.41) is 18.2.